The highest BCUT2D eigenvalue weighted by Gasteiger charge is 2.40. The number of fused-ring (bicyclic) bond motifs is 1. The van der Waals surface area contributed by atoms with Crippen LogP contribution in [0.4, 0.5) is 4.39 Å². The van der Waals surface area contributed by atoms with Crippen molar-refractivity contribution in [2.45, 2.75) is 68.3 Å². The number of carbonyl (C=O) groups is 1. The number of thioether (sulfide) groups is 1. The van der Waals surface area contributed by atoms with Crippen molar-refractivity contribution < 1.29 is 27.0 Å². The van der Waals surface area contributed by atoms with Crippen LogP contribution in [0.2, 0.25) is 0 Å². The van der Waals surface area contributed by atoms with Crippen molar-refractivity contribution in [3.05, 3.63) is 65.0 Å². The molecule has 3 aliphatic rings. The number of sulfonamides is 1. The lowest BCUT2D eigenvalue weighted by atomic mass is 9.91. The second kappa shape index (κ2) is 11.5. The Morgan fingerprint density at radius 1 is 1.23 bits per heavy atom. The van der Waals surface area contributed by atoms with E-state index < -0.39 is 27.5 Å². The molecule has 5 rings (SSSR count). The van der Waals surface area contributed by atoms with Crippen molar-refractivity contribution in [2.75, 3.05) is 6.26 Å². The zero-order valence-corrected chi connectivity index (χ0v) is 24.0. The predicted octanol–water partition coefficient (Wildman–Crippen LogP) is 3.82. The van der Waals surface area contributed by atoms with Gasteiger partial charge in [-0.15, -0.1) is 11.8 Å². The number of nitrogens with one attached hydrogen (secondary N) is 3. The van der Waals surface area contributed by atoms with E-state index in [2.05, 4.69) is 36.4 Å². The van der Waals surface area contributed by atoms with Gasteiger partial charge in [0.1, 0.15) is 16.2 Å². The van der Waals surface area contributed by atoms with E-state index in [4.69, 9.17) is 4.74 Å². The van der Waals surface area contributed by atoms with E-state index in [0.29, 0.717) is 31.2 Å². The number of aromatic nitrogens is 2. The minimum atomic E-state index is -3.85. The van der Waals surface area contributed by atoms with Gasteiger partial charge in [-0.25, -0.2) is 22.2 Å². The lowest BCUT2D eigenvalue weighted by molar-refractivity contribution is -0.124. The third kappa shape index (κ3) is 6.02. The van der Waals surface area contributed by atoms with Crippen LogP contribution in [-0.2, 0) is 19.6 Å². The number of hydrogen-bond donors (Lipinski definition) is 3. The monoisotopic (exact) mass is 589 g/mol. The molecule has 0 spiro atoms. The first-order chi connectivity index (χ1) is 19.1. The molecule has 0 saturated heterocycles. The molecule has 1 saturated carbocycles. The van der Waals surface area contributed by atoms with Gasteiger partial charge in [-0.3, -0.25) is 4.79 Å². The van der Waals surface area contributed by atoms with Crippen molar-refractivity contribution in [1.29, 1.82) is 0 Å². The van der Waals surface area contributed by atoms with E-state index >= 15 is 0 Å². The molecular weight excluding hydrogens is 557 g/mol. The van der Waals surface area contributed by atoms with Gasteiger partial charge in [0.2, 0.25) is 10.0 Å². The number of allylic oxidation sites excluding steroid dienone is 3. The van der Waals surface area contributed by atoms with E-state index in [1.807, 2.05) is 25.3 Å². The molecule has 1 aromatic carbocycles. The second-order valence-corrected chi connectivity index (χ2v) is 12.9. The topological polar surface area (TPSA) is 135 Å². The van der Waals surface area contributed by atoms with E-state index in [1.54, 1.807) is 30.8 Å². The third-order valence-corrected chi connectivity index (χ3v) is 9.76. The summed E-state index contributed by atoms with van der Waals surface area (Å²) in [5.74, 6) is -0.930. The van der Waals surface area contributed by atoms with Crippen LogP contribution in [0, 0.1) is 5.92 Å². The Morgan fingerprint density at radius 2 is 1.98 bits per heavy atom. The molecule has 214 valence electrons. The highest BCUT2D eigenvalue weighted by Crippen LogP contribution is 2.33. The number of ether oxygens (including phenoxy) is 1. The van der Waals surface area contributed by atoms with Crippen LogP contribution in [0.3, 0.4) is 0 Å². The van der Waals surface area contributed by atoms with Gasteiger partial charge in [0.15, 0.2) is 11.2 Å². The fraction of sp³-hybridized carbons (Fsp3) is 0.444. The van der Waals surface area contributed by atoms with E-state index in [9.17, 15) is 17.6 Å². The zero-order valence-electron chi connectivity index (χ0n) is 22.4. The molecule has 3 atom stereocenters. The molecule has 3 N–H and O–H groups in total. The van der Waals surface area contributed by atoms with Crippen molar-refractivity contribution in [1.82, 2.24) is 25.7 Å². The van der Waals surface area contributed by atoms with E-state index in [1.165, 1.54) is 18.3 Å². The van der Waals surface area contributed by atoms with Gasteiger partial charge in [0.25, 0.3) is 5.91 Å². The molecule has 1 aromatic heterocycles. The summed E-state index contributed by atoms with van der Waals surface area (Å²) in [7, 11) is -3.85. The zero-order chi connectivity index (χ0) is 28.5. The largest absolute Gasteiger partial charge is 0.357 e. The van der Waals surface area contributed by atoms with Gasteiger partial charge in [-0.1, -0.05) is 25.1 Å². The lowest BCUT2D eigenvalue weighted by Gasteiger charge is -2.39. The molecule has 1 fully saturated rings. The van der Waals surface area contributed by atoms with Gasteiger partial charge < -0.3 is 15.4 Å². The van der Waals surface area contributed by atoms with E-state index in [0.717, 1.165) is 4.91 Å². The Kier molecular flexibility index (Phi) is 8.18. The predicted molar refractivity (Wildman–Crippen MR) is 150 cm³/mol. The summed E-state index contributed by atoms with van der Waals surface area (Å²) in [5.41, 5.74) is -0.562. The van der Waals surface area contributed by atoms with Crippen molar-refractivity contribution >= 4 is 38.7 Å². The molecule has 2 heterocycles. The van der Waals surface area contributed by atoms with Crippen LogP contribution in [0.5, 0.6) is 0 Å². The number of hydrogen-bond acceptors (Lipinski definition) is 9. The highest BCUT2D eigenvalue weighted by molar-refractivity contribution is 8.02. The second-order valence-electron chi connectivity index (χ2n) is 10.4. The van der Waals surface area contributed by atoms with Crippen molar-refractivity contribution in [2.24, 2.45) is 5.92 Å². The lowest BCUT2D eigenvalue weighted by Crippen LogP contribution is -2.54. The fourth-order valence-electron chi connectivity index (χ4n) is 5.16. The van der Waals surface area contributed by atoms with Gasteiger partial charge in [0, 0.05) is 29.1 Å². The minimum absolute atomic E-state index is 0.00931. The highest BCUT2D eigenvalue weighted by atomic mass is 32.2. The Morgan fingerprint density at radius 3 is 2.73 bits per heavy atom. The molecule has 0 radical (unpaired) electrons. The van der Waals surface area contributed by atoms with Crippen LogP contribution in [-0.4, -0.2) is 54.8 Å². The van der Waals surface area contributed by atoms with Crippen LogP contribution in [0.15, 0.2) is 74.5 Å². The maximum atomic E-state index is 14.3. The number of rotatable bonds is 8. The molecule has 0 bridgehead atoms. The van der Waals surface area contributed by atoms with Crippen LogP contribution >= 0.6 is 11.8 Å². The first-order valence-electron chi connectivity index (χ1n) is 13.1. The Balaban J connectivity index is 1.21. The summed E-state index contributed by atoms with van der Waals surface area (Å²) < 4.78 is 54.2. The van der Waals surface area contributed by atoms with Gasteiger partial charge in [-0.05, 0) is 73.5 Å². The normalized spacial score (nSPS) is 28.9. The number of amides is 1. The number of benzene rings is 1. The summed E-state index contributed by atoms with van der Waals surface area (Å²) in [6.45, 7) is 3.74. The molecule has 2 aliphatic carbocycles. The van der Waals surface area contributed by atoms with Gasteiger partial charge in [-0.2, -0.15) is 0 Å². The van der Waals surface area contributed by atoms with Crippen LogP contribution < -0.4 is 15.4 Å². The Bertz CT molecular complexity index is 1510. The minimum Gasteiger partial charge on any atom is -0.357 e. The van der Waals surface area contributed by atoms with Gasteiger partial charge in [0.05, 0.1) is 11.7 Å². The summed E-state index contributed by atoms with van der Waals surface area (Å²) in [6, 6.07) is 4.16. The number of dihydropyridines is 1. The Labute approximate surface area is 236 Å². The molecule has 3 unspecified atom stereocenters. The number of carbonyl (C=O) groups excluding carboxylic acids is 1. The van der Waals surface area contributed by atoms with Crippen molar-refractivity contribution in [3.63, 3.8) is 0 Å². The molecule has 13 heteroatoms. The van der Waals surface area contributed by atoms with E-state index in [-0.39, 0.29) is 40.1 Å². The average molecular weight is 590 g/mol. The first-order valence-corrected chi connectivity index (χ1v) is 15.8. The first kappa shape index (κ1) is 28.5. The summed E-state index contributed by atoms with van der Waals surface area (Å²) in [4.78, 5) is 14.5. The SMILES string of the molecule is CSC1=CC(OC2(C)NC=C(F)C=C2C(=O)NC2CCC(NS(=O)(=O)c3cccc4nonc34)CC2)C(C)C=C1. The van der Waals surface area contributed by atoms with Crippen LogP contribution in [0.25, 0.3) is 11.0 Å². The molecular formula is C27H32FN5O5S2. The molecule has 10 nitrogen and oxygen atoms in total. The third-order valence-electron chi connectivity index (χ3n) is 7.47. The fourth-order valence-corrected chi connectivity index (χ4v) is 7.10. The maximum Gasteiger partial charge on any atom is 0.252 e. The van der Waals surface area contributed by atoms with Crippen molar-refractivity contribution in [3.8, 4) is 0 Å². The number of nitrogens with zero attached hydrogens (tertiary/aromatic N) is 2. The quantitative estimate of drug-likeness (QED) is 0.420. The molecule has 40 heavy (non-hydrogen) atoms. The standard InChI is InChI=1S/C27H32FN5O5S2/c1-16-7-12-20(39-3)14-23(16)37-27(2)21(13-17(28)15-29-27)26(34)30-18-8-10-19(11-9-18)33-40(35,36)24-6-4-5-22-25(24)32-38-31-22/h4-7,12-16,18-19,23,29,33H,8-11H2,1-3H3,(H,30,34). The van der Waals surface area contributed by atoms with Gasteiger partial charge >= 0.3 is 0 Å². The maximum absolute atomic E-state index is 14.3. The average Bonchev–Trinajstić information content (AvgIpc) is 3.41. The number of halogens is 1. The smallest absolute Gasteiger partial charge is 0.252 e. The summed E-state index contributed by atoms with van der Waals surface area (Å²) in [6.07, 6.45) is 12.3. The summed E-state index contributed by atoms with van der Waals surface area (Å²) >= 11 is 1.60. The summed E-state index contributed by atoms with van der Waals surface area (Å²) in [5, 5.41) is 13.4. The molecule has 2 aromatic rings. The Hall–Kier alpha value is -3.00. The molecule has 1 amide bonds. The molecule has 1 aliphatic heterocycles. The van der Waals surface area contributed by atoms with Crippen LogP contribution in [0.1, 0.15) is 39.5 Å².